The van der Waals surface area contributed by atoms with Gasteiger partial charge in [-0.1, -0.05) is 28.9 Å². The van der Waals surface area contributed by atoms with Crippen molar-refractivity contribution in [1.29, 1.82) is 0 Å². The van der Waals surface area contributed by atoms with Crippen LogP contribution in [0.1, 0.15) is 37.7 Å². The number of halogens is 1. The van der Waals surface area contributed by atoms with Crippen LogP contribution in [0.2, 0.25) is 5.02 Å². The highest BCUT2D eigenvalue weighted by atomic mass is 35.5. The van der Waals surface area contributed by atoms with Crippen molar-refractivity contribution >= 4 is 23.4 Å². The number of amides is 2. The highest BCUT2D eigenvalue weighted by molar-refractivity contribution is 6.30. The summed E-state index contributed by atoms with van der Waals surface area (Å²) in [5.74, 6) is 0.625. The maximum atomic E-state index is 12.6. The molecule has 8 heteroatoms. The van der Waals surface area contributed by atoms with Crippen molar-refractivity contribution in [3.63, 3.8) is 0 Å². The lowest BCUT2D eigenvalue weighted by molar-refractivity contribution is 0.0925. The Morgan fingerprint density at radius 2 is 1.67 bits per heavy atom. The van der Waals surface area contributed by atoms with Crippen molar-refractivity contribution in [3.05, 3.63) is 81.7 Å². The molecule has 0 unspecified atom stereocenters. The van der Waals surface area contributed by atoms with Crippen LogP contribution >= 0.6 is 11.6 Å². The van der Waals surface area contributed by atoms with Crippen LogP contribution in [0.15, 0.2) is 53.1 Å². The molecule has 1 aromatic heterocycles. The lowest BCUT2D eigenvalue weighted by Crippen LogP contribution is -2.34. The Labute approximate surface area is 179 Å². The molecule has 7 nitrogen and oxygen atoms in total. The standard InChI is InChI=1S/C22H22ClN3O4/c1-14-19(15(2)30-26-14)13-29-20-6-4-3-5-18(20)22(28)25-12-11-24-21(27)16-7-9-17(23)10-8-16/h3-10H,11-13H2,1-2H3,(H,24,27)(H,25,28). The van der Waals surface area contributed by atoms with Gasteiger partial charge in [0.1, 0.15) is 18.1 Å². The van der Waals surface area contributed by atoms with Gasteiger partial charge in [-0.25, -0.2) is 0 Å². The van der Waals surface area contributed by atoms with E-state index in [2.05, 4.69) is 15.8 Å². The van der Waals surface area contributed by atoms with E-state index in [1.165, 1.54) is 0 Å². The number of benzene rings is 2. The second-order valence-electron chi connectivity index (χ2n) is 6.61. The largest absolute Gasteiger partial charge is 0.488 e. The molecule has 2 aromatic carbocycles. The number of rotatable bonds is 8. The second kappa shape index (κ2) is 9.93. The van der Waals surface area contributed by atoms with Gasteiger partial charge in [0, 0.05) is 23.7 Å². The number of aryl methyl sites for hydroxylation is 2. The summed E-state index contributed by atoms with van der Waals surface area (Å²) in [6.45, 7) is 4.47. The maximum absolute atomic E-state index is 12.6. The Hall–Kier alpha value is -3.32. The summed E-state index contributed by atoms with van der Waals surface area (Å²) < 4.78 is 11.0. The molecule has 3 rings (SSSR count). The molecule has 0 spiro atoms. The molecule has 0 bridgehead atoms. The minimum Gasteiger partial charge on any atom is -0.488 e. The van der Waals surface area contributed by atoms with E-state index in [-0.39, 0.29) is 31.5 Å². The summed E-state index contributed by atoms with van der Waals surface area (Å²) in [7, 11) is 0. The Kier molecular flexibility index (Phi) is 7.08. The third-order valence-electron chi connectivity index (χ3n) is 4.49. The van der Waals surface area contributed by atoms with E-state index in [0.29, 0.717) is 27.7 Å². The van der Waals surface area contributed by atoms with Crippen LogP contribution in [0.25, 0.3) is 0 Å². The minimum atomic E-state index is -0.287. The zero-order valence-corrected chi connectivity index (χ0v) is 17.5. The fraction of sp³-hybridized carbons (Fsp3) is 0.227. The van der Waals surface area contributed by atoms with Crippen molar-refractivity contribution in [2.24, 2.45) is 0 Å². The molecule has 0 fully saturated rings. The number of carbonyl (C=O) groups is 2. The predicted octanol–water partition coefficient (Wildman–Crippen LogP) is 3.68. The molecule has 0 saturated carbocycles. The third kappa shape index (κ3) is 5.39. The molecule has 1 heterocycles. The molecule has 0 aliphatic rings. The molecule has 156 valence electrons. The quantitative estimate of drug-likeness (QED) is 0.535. The van der Waals surface area contributed by atoms with Gasteiger partial charge < -0.3 is 19.9 Å². The highest BCUT2D eigenvalue weighted by Gasteiger charge is 2.14. The Balaban J connectivity index is 1.52. The topological polar surface area (TPSA) is 93.5 Å². The molecule has 0 radical (unpaired) electrons. The summed E-state index contributed by atoms with van der Waals surface area (Å²) >= 11 is 5.82. The van der Waals surface area contributed by atoms with E-state index in [0.717, 1.165) is 11.3 Å². The van der Waals surface area contributed by atoms with E-state index in [1.54, 1.807) is 48.5 Å². The summed E-state index contributed by atoms with van der Waals surface area (Å²) in [6, 6.07) is 13.6. The van der Waals surface area contributed by atoms with Crippen LogP contribution in [0.4, 0.5) is 0 Å². The number of para-hydroxylation sites is 1. The molecule has 0 aliphatic carbocycles. The molecule has 0 atom stereocenters. The van der Waals surface area contributed by atoms with Crippen molar-refractivity contribution in [3.8, 4) is 5.75 Å². The average molecular weight is 428 g/mol. The maximum Gasteiger partial charge on any atom is 0.255 e. The number of carbonyl (C=O) groups excluding carboxylic acids is 2. The van der Waals surface area contributed by atoms with Gasteiger partial charge in [0.2, 0.25) is 0 Å². The van der Waals surface area contributed by atoms with Gasteiger partial charge in [-0.05, 0) is 50.2 Å². The van der Waals surface area contributed by atoms with E-state index >= 15 is 0 Å². The van der Waals surface area contributed by atoms with E-state index in [4.69, 9.17) is 20.9 Å². The van der Waals surface area contributed by atoms with Crippen LogP contribution in [-0.4, -0.2) is 30.1 Å². The van der Waals surface area contributed by atoms with Gasteiger partial charge in [-0.2, -0.15) is 0 Å². The monoisotopic (exact) mass is 427 g/mol. The SMILES string of the molecule is Cc1noc(C)c1COc1ccccc1C(=O)NCCNC(=O)c1ccc(Cl)cc1. The molecule has 0 aliphatic heterocycles. The second-order valence-corrected chi connectivity index (χ2v) is 7.04. The number of nitrogens with one attached hydrogen (secondary N) is 2. The average Bonchev–Trinajstić information content (AvgIpc) is 3.07. The zero-order valence-electron chi connectivity index (χ0n) is 16.7. The molecule has 0 saturated heterocycles. The Morgan fingerprint density at radius 1 is 1.00 bits per heavy atom. The molecular weight excluding hydrogens is 406 g/mol. The van der Waals surface area contributed by atoms with Crippen LogP contribution in [0.3, 0.4) is 0 Å². The number of ether oxygens (including phenoxy) is 1. The smallest absolute Gasteiger partial charge is 0.255 e. The third-order valence-corrected chi connectivity index (χ3v) is 4.74. The molecule has 3 aromatic rings. The first-order chi connectivity index (χ1) is 14.5. The number of hydrogen-bond acceptors (Lipinski definition) is 5. The Bertz CT molecular complexity index is 1010. The van der Waals surface area contributed by atoms with Gasteiger partial charge >= 0.3 is 0 Å². The van der Waals surface area contributed by atoms with Crippen LogP contribution in [0.5, 0.6) is 5.75 Å². The molecule has 2 amide bonds. The number of nitrogens with zero attached hydrogens (tertiary/aromatic N) is 1. The summed E-state index contributed by atoms with van der Waals surface area (Å²) in [5.41, 5.74) is 2.53. The first-order valence-electron chi connectivity index (χ1n) is 9.41. The number of aromatic nitrogens is 1. The van der Waals surface area contributed by atoms with Crippen molar-refractivity contribution in [2.75, 3.05) is 13.1 Å². The zero-order chi connectivity index (χ0) is 21.5. The van der Waals surface area contributed by atoms with Crippen molar-refractivity contribution in [2.45, 2.75) is 20.5 Å². The van der Waals surface area contributed by atoms with Crippen LogP contribution < -0.4 is 15.4 Å². The van der Waals surface area contributed by atoms with Crippen molar-refractivity contribution in [1.82, 2.24) is 15.8 Å². The molecule has 30 heavy (non-hydrogen) atoms. The van der Waals surface area contributed by atoms with E-state index < -0.39 is 0 Å². The summed E-state index contributed by atoms with van der Waals surface area (Å²) in [5, 5.41) is 10.0. The first kappa shape index (κ1) is 21.4. The molecular formula is C22H22ClN3O4. The van der Waals surface area contributed by atoms with Gasteiger partial charge in [-0.15, -0.1) is 0 Å². The Morgan fingerprint density at radius 3 is 2.33 bits per heavy atom. The predicted molar refractivity (Wildman–Crippen MR) is 113 cm³/mol. The van der Waals surface area contributed by atoms with Crippen LogP contribution in [0, 0.1) is 13.8 Å². The van der Waals surface area contributed by atoms with Crippen molar-refractivity contribution < 1.29 is 18.8 Å². The summed E-state index contributed by atoms with van der Waals surface area (Å²) in [4.78, 5) is 24.6. The van der Waals surface area contributed by atoms with Gasteiger partial charge in [0.05, 0.1) is 16.8 Å². The normalized spacial score (nSPS) is 10.5. The summed E-state index contributed by atoms with van der Waals surface area (Å²) in [6.07, 6.45) is 0. The lowest BCUT2D eigenvalue weighted by Gasteiger charge is -2.12. The van der Waals surface area contributed by atoms with Gasteiger partial charge in [0.15, 0.2) is 0 Å². The van der Waals surface area contributed by atoms with Crippen LogP contribution in [-0.2, 0) is 6.61 Å². The van der Waals surface area contributed by atoms with E-state index in [9.17, 15) is 9.59 Å². The first-order valence-corrected chi connectivity index (χ1v) is 9.79. The van der Waals surface area contributed by atoms with E-state index in [1.807, 2.05) is 13.8 Å². The fourth-order valence-corrected chi connectivity index (χ4v) is 2.91. The minimum absolute atomic E-state index is 0.232. The number of hydrogen-bond donors (Lipinski definition) is 2. The highest BCUT2D eigenvalue weighted by Crippen LogP contribution is 2.21. The van der Waals surface area contributed by atoms with Gasteiger partial charge in [0.25, 0.3) is 11.8 Å². The lowest BCUT2D eigenvalue weighted by atomic mass is 10.2. The van der Waals surface area contributed by atoms with Gasteiger partial charge in [-0.3, -0.25) is 9.59 Å². The fourth-order valence-electron chi connectivity index (χ4n) is 2.79. The molecule has 2 N–H and O–H groups in total.